The van der Waals surface area contributed by atoms with Crippen molar-refractivity contribution < 1.29 is 4.79 Å². The molecular weight excluding hydrogens is 214 g/mol. The van der Waals surface area contributed by atoms with Crippen molar-refractivity contribution in [2.24, 2.45) is 0 Å². The van der Waals surface area contributed by atoms with Crippen molar-refractivity contribution in [3.63, 3.8) is 0 Å². The molecule has 0 saturated carbocycles. The number of nitrogens with one attached hydrogen (secondary N) is 1. The maximum Gasteiger partial charge on any atom is 0.257 e. The molecule has 0 fully saturated rings. The van der Waals surface area contributed by atoms with Crippen LogP contribution in [0.4, 0.5) is 5.00 Å². The van der Waals surface area contributed by atoms with E-state index in [-0.39, 0.29) is 5.91 Å². The summed E-state index contributed by atoms with van der Waals surface area (Å²) in [6, 6.07) is 5.73. The third-order valence-corrected chi connectivity index (χ3v) is 3.36. The second-order valence-electron chi connectivity index (χ2n) is 2.88. The minimum absolute atomic E-state index is 0.0342. The summed E-state index contributed by atoms with van der Waals surface area (Å²) in [7, 11) is 0. The molecule has 2 rings (SSSR count). The molecule has 14 heavy (non-hydrogen) atoms. The normalized spacial score (nSPS) is 10.1. The Morgan fingerprint density at radius 3 is 2.79 bits per heavy atom. The summed E-state index contributed by atoms with van der Waals surface area (Å²) in [6.45, 7) is 2.02. The average Bonchev–Trinajstić information content (AvgIpc) is 2.75. The predicted molar refractivity (Wildman–Crippen MR) is 61.3 cm³/mol. The van der Waals surface area contributed by atoms with Crippen LogP contribution in [0, 0.1) is 6.92 Å². The molecule has 0 aliphatic heterocycles. The minimum atomic E-state index is -0.0342. The Balaban J connectivity index is 2.09. The van der Waals surface area contributed by atoms with Crippen LogP contribution in [0.25, 0.3) is 0 Å². The average molecular weight is 223 g/mol. The molecule has 2 heterocycles. The fourth-order valence-electron chi connectivity index (χ4n) is 1.08. The lowest BCUT2D eigenvalue weighted by atomic mass is 10.3. The Hall–Kier alpha value is -1.13. The Morgan fingerprint density at radius 2 is 2.21 bits per heavy atom. The second-order valence-corrected chi connectivity index (χ2v) is 4.94. The van der Waals surface area contributed by atoms with Crippen LogP contribution in [-0.4, -0.2) is 5.91 Å². The van der Waals surface area contributed by atoms with E-state index in [1.807, 2.05) is 35.9 Å². The van der Waals surface area contributed by atoms with E-state index >= 15 is 0 Å². The van der Waals surface area contributed by atoms with Crippen LogP contribution < -0.4 is 5.32 Å². The lowest BCUT2D eigenvalue weighted by Crippen LogP contribution is -2.09. The summed E-state index contributed by atoms with van der Waals surface area (Å²) in [6.07, 6.45) is 0. The molecule has 0 radical (unpaired) electrons. The van der Waals surface area contributed by atoms with Gasteiger partial charge in [0, 0.05) is 10.3 Å². The number of anilines is 1. The van der Waals surface area contributed by atoms with Gasteiger partial charge in [-0.25, -0.2) is 0 Å². The van der Waals surface area contributed by atoms with Gasteiger partial charge in [-0.05, 0) is 30.5 Å². The lowest BCUT2D eigenvalue weighted by molar-refractivity contribution is 0.102. The molecule has 0 aliphatic carbocycles. The molecular formula is C10H9NOS2. The summed E-state index contributed by atoms with van der Waals surface area (Å²) in [4.78, 5) is 12.8. The van der Waals surface area contributed by atoms with Crippen molar-refractivity contribution in [1.29, 1.82) is 0 Å². The van der Waals surface area contributed by atoms with Crippen LogP contribution in [0.3, 0.4) is 0 Å². The molecule has 0 spiro atoms. The minimum Gasteiger partial charge on any atom is -0.314 e. The van der Waals surface area contributed by atoms with Crippen LogP contribution >= 0.6 is 22.7 Å². The topological polar surface area (TPSA) is 29.1 Å². The van der Waals surface area contributed by atoms with E-state index in [1.165, 1.54) is 16.2 Å². The molecule has 1 amide bonds. The third-order valence-electron chi connectivity index (χ3n) is 1.76. The predicted octanol–water partition coefficient (Wildman–Crippen LogP) is 3.37. The van der Waals surface area contributed by atoms with Gasteiger partial charge < -0.3 is 5.32 Å². The zero-order valence-corrected chi connectivity index (χ0v) is 9.24. The highest BCUT2D eigenvalue weighted by Gasteiger charge is 2.06. The number of amides is 1. The van der Waals surface area contributed by atoms with Gasteiger partial charge in [0.05, 0.1) is 10.6 Å². The molecule has 1 N–H and O–H groups in total. The number of hydrogen-bond donors (Lipinski definition) is 1. The standard InChI is InChI=1S/C10H9NOS2/c1-7-2-3-9(14-7)11-10(12)8-4-5-13-6-8/h2-6H,1H3,(H,11,12). The molecule has 0 aliphatic rings. The molecule has 0 unspecified atom stereocenters. The maximum atomic E-state index is 11.6. The van der Waals surface area contributed by atoms with E-state index in [4.69, 9.17) is 0 Å². The Labute approximate surface area is 90.2 Å². The van der Waals surface area contributed by atoms with E-state index in [0.29, 0.717) is 0 Å². The van der Waals surface area contributed by atoms with E-state index in [9.17, 15) is 4.79 Å². The number of carbonyl (C=O) groups is 1. The largest absolute Gasteiger partial charge is 0.314 e. The fourth-order valence-corrected chi connectivity index (χ4v) is 2.48. The number of hydrogen-bond acceptors (Lipinski definition) is 3. The Bertz CT molecular complexity index is 431. The molecule has 0 atom stereocenters. The van der Waals surface area contributed by atoms with Crippen LogP contribution in [0.5, 0.6) is 0 Å². The lowest BCUT2D eigenvalue weighted by Gasteiger charge is -1.98. The van der Waals surface area contributed by atoms with Crippen LogP contribution in [-0.2, 0) is 0 Å². The van der Waals surface area contributed by atoms with E-state index in [2.05, 4.69) is 5.32 Å². The molecule has 4 heteroatoms. The van der Waals surface area contributed by atoms with Crippen molar-refractivity contribution in [1.82, 2.24) is 0 Å². The van der Waals surface area contributed by atoms with Gasteiger partial charge in [-0.3, -0.25) is 4.79 Å². The zero-order valence-electron chi connectivity index (χ0n) is 7.61. The monoisotopic (exact) mass is 223 g/mol. The highest BCUT2D eigenvalue weighted by molar-refractivity contribution is 7.16. The first-order chi connectivity index (χ1) is 6.75. The van der Waals surface area contributed by atoms with Gasteiger partial charge in [0.25, 0.3) is 5.91 Å². The number of thiophene rings is 2. The van der Waals surface area contributed by atoms with E-state index in [0.717, 1.165) is 10.6 Å². The molecule has 0 aromatic carbocycles. The van der Waals surface area contributed by atoms with E-state index in [1.54, 1.807) is 11.3 Å². The van der Waals surface area contributed by atoms with Crippen molar-refractivity contribution in [3.8, 4) is 0 Å². The van der Waals surface area contributed by atoms with Gasteiger partial charge in [-0.1, -0.05) is 0 Å². The fraction of sp³-hybridized carbons (Fsp3) is 0.100. The van der Waals surface area contributed by atoms with Crippen molar-refractivity contribution in [3.05, 3.63) is 39.4 Å². The Kier molecular flexibility index (Phi) is 2.65. The van der Waals surface area contributed by atoms with Gasteiger partial charge >= 0.3 is 0 Å². The van der Waals surface area contributed by atoms with Crippen molar-refractivity contribution in [2.45, 2.75) is 6.92 Å². The van der Waals surface area contributed by atoms with Crippen LogP contribution in [0.2, 0.25) is 0 Å². The first-order valence-corrected chi connectivity index (χ1v) is 5.91. The van der Waals surface area contributed by atoms with Gasteiger partial charge in [-0.2, -0.15) is 11.3 Å². The number of carbonyl (C=O) groups excluding carboxylic acids is 1. The van der Waals surface area contributed by atoms with Gasteiger partial charge in [0.1, 0.15) is 0 Å². The quantitative estimate of drug-likeness (QED) is 0.831. The maximum absolute atomic E-state index is 11.6. The summed E-state index contributed by atoms with van der Waals surface area (Å²) < 4.78 is 0. The zero-order chi connectivity index (χ0) is 9.97. The highest BCUT2D eigenvalue weighted by atomic mass is 32.1. The highest BCUT2D eigenvalue weighted by Crippen LogP contribution is 2.21. The molecule has 72 valence electrons. The summed E-state index contributed by atoms with van der Waals surface area (Å²) >= 11 is 3.11. The molecule has 2 nitrogen and oxygen atoms in total. The first-order valence-electron chi connectivity index (χ1n) is 4.16. The summed E-state index contributed by atoms with van der Waals surface area (Å²) in [5.41, 5.74) is 0.723. The van der Waals surface area contributed by atoms with Gasteiger partial charge in [-0.15, -0.1) is 11.3 Å². The molecule has 2 aromatic rings. The SMILES string of the molecule is Cc1ccc(NC(=O)c2ccsc2)s1. The van der Waals surface area contributed by atoms with Crippen molar-refractivity contribution >= 4 is 33.6 Å². The van der Waals surface area contributed by atoms with Gasteiger partial charge in [0.2, 0.25) is 0 Å². The first kappa shape index (κ1) is 9.43. The van der Waals surface area contributed by atoms with Gasteiger partial charge in [0.15, 0.2) is 0 Å². The van der Waals surface area contributed by atoms with E-state index < -0.39 is 0 Å². The second kappa shape index (κ2) is 3.94. The number of rotatable bonds is 2. The van der Waals surface area contributed by atoms with Crippen LogP contribution in [0.1, 0.15) is 15.2 Å². The summed E-state index contributed by atoms with van der Waals surface area (Å²) in [5.74, 6) is -0.0342. The number of aryl methyl sites for hydroxylation is 1. The van der Waals surface area contributed by atoms with Crippen molar-refractivity contribution in [2.75, 3.05) is 5.32 Å². The third kappa shape index (κ3) is 2.02. The molecule has 2 aromatic heterocycles. The Morgan fingerprint density at radius 1 is 1.36 bits per heavy atom. The summed E-state index contributed by atoms with van der Waals surface area (Å²) in [5, 5.41) is 7.49. The molecule has 0 bridgehead atoms. The smallest absolute Gasteiger partial charge is 0.257 e. The molecule has 0 saturated heterocycles. The van der Waals surface area contributed by atoms with Crippen LogP contribution in [0.15, 0.2) is 29.0 Å².